The van der Waals surface area contributed by atoms with Gasteiger partial charge in [-0.15, -0.1) is 0 Å². The molecule has 1 N–H and O–H groups in total. The molecule has 0 saturated carbocycles. The lowest BCUT2D eigenvalue weighted by atomic mass is 9.99. The fourth-order valence-electron chi connectivity index (χ4n) is 1.51. The fraction of sp³-hybridized carbons (Fsp3) is 0.300. The molecule has 1 aliphatic rings. The van der Waals surface area contributed by atoms with Gasteiger partial charge in [0.25, 0.3) is 5.91 Å². The van der Waals surface area contributed by atoms with Crippen molar-refractivity contribution < 1.29 is 14.7 Å². The van der Waals surface area contributed by atoms with E-state index in [2.05, 4.69) is 20.9 Å². The van der Waals surface area contributed by atoms with Crippen molar-refractivity contribution in [3.63, 3.8) is 0 Å². The zero-order valence-electron chi connectivity index (χ0n) is 8.26. The van der Waals surface area contributed by atoms with Crippen LogP contribution in [0.4, 0.5) is 0 Å². The van der Waals surface area contributed by atoms with Crippen LogP contribution in [0, 0.1) is 5.92 Å². The van der Waals surface area contributed by atoms with Gasteiger partial charge in [0.05, 0.1) is 11.5 Å². The minimum Gasteiger partial charge on any atom is -0.481 e. The lowest BCUT2D eigenvalue weighted by Crippen LogP contribution is -2.53. The van der Waals surface area contributed by atoms with Crippen molar-refractivity contribution in [2.45, 2.75) is 0 Å². The molecule has 0 atom stereocenters. The number of carboxylic acid groups (broad SMARTS) is 1. The first-order chi connectivity index (χ1) is 7.58. The number of hydrogen-bond acceptors (Lipinski definition) is 3. The van der Waals surface area contributed by atoms with Crippen LogP contribution in [0.2, 0.25) is 0 Å². The van der Waals surface area contributed by atoms with Gasteiger partial charge in [-0.3, -0.25) is 14.6 Å². The van der Waals surface area contributed by atoms with Crippen LogP contribution in [-0.2, 0) is 4.79 Å². The van der Waals surface area contributed by atoms with Gasteiger partial charge in [0.2, 0.25) is 0 Å². The number of aliphatic carboxylic acids is 1. The SMILES string of the molecule is O=C(O)C1CN(C(=O)c2cncc(Br)c2)C1. The smallest absolute Gasteiger partial charge is 0.310 e. The number of pyridine rings is 1. The Labute approximate surface area is 100 Å². The molecule has 1 saturated heterocycles. The lowest BCUT2D eigenvalue weighted by molar-refractivity contribution is -0.146. The second-order valence-corrected chi connectivity index (χ2v) is 4.55. The largest absolute Gasteiger partial charge is 0.481 e. The standard InChI is InChI=1S/C10H9BrN2O3/c11-8-1-6(2-12-3-8)9(14)13-4-7(5-13)10(15)16/h1-3,7H,4-5H2,(H,15,16). The molecule has 5 nitrogen and oxygen atoms in total. The second-order valence-electron chi connectivity index (χ2n) is 3.64. The van der Waals surface area contributed by atoms with Gasteiger partial charge in [-0.2, -0.15) is 0 Å². The zero-order chi connectivity index (χ0) is 11.7. The van der Waals surface area contributed by atoms with E-state index in [1.807, 2.05) is 0 Å². The summed E-state index contributed by atoms with van der Waals surface area (Å²) in [5.41, 5.74) is 0.471. The molecular formula is C10H9BrN2O3. The van der Waals surface area contributed by atoms with E-state index in [4.69, 9.17) is 5.11 Å². The maximum absolute atomic E-state index is 11.8. The average Bonchev–Trinajstić information content (AvgIpc) is 2.14. The third-order valence-electron chi connectivity index (χ3n) is 2.47. The molecule has 2 rings (SSSR count). The Morgan fingerprint density at radius 2 is 2.12 bits per heavy atom. The minimum atomic E-state index is -0.851. The third-order valence-corrected chi connectivity index (χ3v) is 2.90. The summed E-state index contributed by atoms with van der Waals surface area (Å²) < 4.78 is 0.730. The summed E-state index contributed by atoms with van der Waals surface area (Å²) in [6.07, 6.45) is 3.06. The number of carbonyl (C=O) groups is 2. The van der Waals surface area contributed by atoms with Gasteiger partial charge in [0.15, 0.2) is 0 Å². The molecular weight excluding hydrogens is 276 g/mol. The van der Waals surface area contributed by atoms with Crippen LogP contribution in [0.3, 0.4) is 0 Å². The number of nitrogens with zero attached hydrogens (tertiary/aromatic N) is 2. The summed E-state index contributed by atoms with van der Waals surface area (Å²) in [6.45, 7) is 0.557. The van der Waals surface area contributed by atoms with E-state index in [0.717, 1.165) is 4.47 Å². The predicted molar refractivity (Wildman–Crippen MR) is 59.0 cm³/mol. The molecule has 16 heavy (non-hydrogen) atoms. The van der Waals surface area contributed by atoms with Crippen molar-refractivity contribution in [1.82, 2.24) is 9.88 Å². The van der Waals surface area contributed by atoms with Crippen LogP contribution in [0.5, 0.6) is 0 Å². The number of amides is 1. The molecule has 1 amide bonds. The molecule has 1 fully saturated rings. The van der Waals surface area contributed by atoms with E-state index >= 15 is 0 Å². The quantitative estimate of drug-likeness (QED) is 0.880. The molecule has 2 heterocycles. The fourth-order valence-corrected chi connectivity index (χ4v) is 1.88. The van der Waals surface area contributed by atoms with E-state index in [1.165, 1.54) is 11.1 Å². The lowest BCUT2D eigenvalue weighted by Gasteiger charge is -2.36. The van der Waals surface area contributed by atoms with E-state index in [0.29, 0.717) is 5.56 Å². The highest BCUT2D eigenvalue weighted by atomic mass is 79.9. The Hall–Kier alpha value is -1.43. The number of carbonyl (C=O) groups excluding carboxylic acids is 1. The highest BCUT2D eigenvalue weighted by Gasteiger charge is 2.35. The first-order valence-electron chi connectivity index (χ1n) is 4.70. The van der Waals surface area contributed by atoms with Gasteiger partial charge in [-0.05, 0) is 22.0 Å². The number of aromatic nitrogens is 1. The Morgan fingerprint density at radius 1 is 1.44 bits per heavy atom. The van der Waals surface area contributed by atoms with Gasteiger partial charge in [-0.25, -0.2) is 0 Å². The van der Waals surface area contributed by atoms with E-state index in [9.17, 15) is 9.59 Å². The minimum absolute atomic E-state index is 0.175. The molecule has 0 radical (unpaired) electrons. The summed E-state index contributed by atoms with van der Waals surface area (Å²) in [5, 5.41) is 8.69. The number of likely N-dealkylation sites (tertiary alicyclic amines) is 1. The van der Waals surface area contributed by atoms with Crippen molar-refractivity contribution in [3.8, 4) is 0 Å². The van der Waals surface area contributed by atoms with E-state index < -0.39 is 11.9 Å². The summed E-state index contributed by atoms with van der Waals surface area (Å²) in [7, 11) is 0. The Kier molecular flexibility index (Phi) is 2.91. The van der Waals surface area contributed by atoms with Crippen LogP contribution in [0.1, 0.15) is 10.4 Å². The highest BCUT2D eigenvalue weighted by Crippen LogP contribution is 2.19. The molecule has 1 aromatic heterocycles. The van der Waals surface area contributed by atoms with Gasteiger partial charge >= 0.3 is 5.97 Å². The molecule has 1 aliphatic heterocycles. The predicted octanol–water partition coefficient (Wildman–Crippen LogP) is 1.00. The number of hydrogen-bond donors (Lipinski definition) is 1. The second kappa shape index (κ2) is 4.21. The van der Waals surface area contributed by atoms with Crippen LogP contribution in [0.25, 0.3) is 0 Å². The molecule has 0 aliphatic carbocycles. The first kappa shape index (κ1) is 11.1. The molecule has 84 valence electrons. The van der Waals surface area contributed by atoms with Crippen molar-refractivity contribution in [1.29, 1.82) is 0 Å². The van der Waals surface area contributed by atoms with Gasteiger partial charge in [-0.1, -0.05) is 0 Å². The van der Waals surface area contributed by atoms with Crippen LogP contribution in [0.15, 0.2) is 22.9 Å². The topological polar surface area (TPSA) is 70.5 Å². The first-order valence-corrected chi connectivity index (χ1v) is 5.50. The average molecular weight is 285 g/mol. The number of halogens is 1. The normalized spacial score (nSPS) is 15.7. The summed E-state index contributed by atoms with van der Waals surface area (Å²) >= 11 is 3.23. The summed E-state index contributed by atoms with van der Waals surface area (Å²) in [5.74, 6) is -1.45. The van der Waals surface area contributed by atoms with Crippen molar-refractivity contribution in [2.75, 3.05) is 13.1 Å². The van der Waals surface area contributed by atoms with Crippen LogP contribution in [-0.4, -0.2) is 40.0 Å². The zero-order valence-corrected chi connectivity index (χ0v) is 9.85. The Bertz CT molecular complexity index is 443. The van der Waals surface area contributed by atoms with Crippen LogP contribution >= 0.6 is 15.9 Å². The van der Waals surface area contributed by atoms with E-state index in [-0.39, 0.29) is 19.0 Å². The van der Waals surface area contributed by atoms with Crippen molar-refractivity contribution >= 4 is 27.8 Å². The Morgan fingerprint density at radius 3 is 2.69 bits per heavy atom. The van der Waals surface area contributed by atoms with Gasteiger partial charge in [0, 0.05) is 30.0 Å². The monoisotopic (exact) mass is 284 g/mol. The Balaban J connectivity index is 2.03. The molecule has 0 unspecified atom stereocenters. The molecule has 6 heteroatoms. The third kappa shape index (κ3) is 2.06. The highest BCUT2D eigenvalue weighted by molar-refractivity contribution is 9.10. The van der Waals surface area contributed by atoms with Crippen molar-refractivity contribution in [3.05, 3.63) is 28.5 Å². The molecule has 1 aromatic rings. The maximum Gasteiger partial charge on any atom is 0.310 e. The number of rotatable bonds is 2. The van der Waals surface area contributed by atoms with Gasteiger partial charge in [0.1, 0.15) is 0 Å². The molecule has 0 spiro atoms. The van der Waals surface area contributed by atoms with Crippen LogP contribution < -0.4 is 0 Å². The number of carboxylic acids is 1. The summed E-state index contributed by atoms with van der Waals surface area (Å²) in [6, 6.07) is 1.67. The molecule has 0 bridgehead atoms. The summed E-state index contributed by atoms with van der Waals surface area (Å²) in [4.78, 5) is 27.8. The molecule has 0 aromatic carbocycles. The van der Waals surface area contributed by atoms with Crippen molar-refractivity contribution in [2.24, 2.45) is 5.92 Å². The van der Waals surface area contributed by atoms with E-state index in [1.54, 1.807) is 12.3 Å². The maximum atomic E-state index is 11.8. The van der Waals surface area contributed by atoms with Gasteiger partial charge < -0.3 is 10.0 Å².